The Kier molecular flexibility index (Phi) is 7.77. The molecule has 0 N–H and O–H groups in total. The Balaban J connectivity index is 0.00000132. The molecule has 1 nitrogen and oxygen atoms in total. The lowest BCUT2D eigenvalue weighted by molar-refractivity contribution is -0.155. The smallest absolute Gasteiger partial charge is 0.0249 e. The highest BCUT2D eigenvalue weighted by molar-refractivity contribution is 5.16. The molecule has 0 amide bonds. The van der Waals surface area contributed by atoms with Crippen LogP contribution in [0, 0.1) is 34.5 Å². The van der Waals surface area contributed by atoms with Crippen molar-refractivity contribution in [2.24, 2.45) is 34.5 Å². The minimum Gasteiger partial charge on any atom is -0.294 e. The van der Waals surface area contributed by atoms with Crippen molar-refractivity contribution in [3.05, 3.63) is 12.2 Å². The van der Waals surface area contributed by atoms with Crippen molar-refractivity contribution in [2.75, 3.05) is 6.54 Å². The van der Waals surface area contributed by atoms with E-state index in [-0.39, 0.29) is 0 Å². The molecule has 0 aromatic carbocycles. The van der Waals surface area contributed by atoms with Gasteiger partial charge in [-0.15, -0.1) is 0 Å². The molecular formula is C30H55N. The number of piperidine rings is 1. The molecule has 180 valence electrons. The van der Waals surface area contributed by atoms with E-state index in [0.717, 1.165) is 23.8 Å². The normalized spacial score (nSPS) is 45.5. The van der Waals surface area contributed by atoms with E-state index < -0.39 is 0 Å². The third kappa shape index (κ3) is 4.08. The molecule has 2 aliphatic carbocycles. The van der Waals surface area contributed by atoms with Crippen LogP contribution in [-0.2, 0) is 0 Å². The van der Waals surface area contributed by atoms with E-state index >= 15 is 0 Å². The van der Waals surface area contributed by atoms with Crippen molar-refractivity contribution in [1.29, 1.82) is 0 Å². The Morgan fingerprint density at radius 3 is 2.32 bits per heavy atom. The van der Waals surface area contributed by atoms with Gasteiger partial charge < -0.3 is 0 Å². The van der Waals surface area contributed by atoms with Gasteiger partial charge in [-0.05, 0) is 119 Å². The maximum atomic E-state index is 4.46. The van der Waals surface area contributed by atoms with Gasteiger partial charge in [-0.1, -0.05) is 60.1 Å². The zero-order chi connectivity index (χ0) is 23.0. The molecular weight excluding hydrogens is 374 g/mol. The predicted molar refractivity (Wildman–Crippen MR) is 137 cm³/mol. The summed E-state index contributed by atoms with van der Waals surface area (Å²) in [5, 5.41) is 0. The van der Waals surface area contributed by atoms with Gasteiger partial charge >= 0.3 is 0 Å². The van der Waals surface area contributed by atoms with E-state index in [1.54, 1.807) is 0 Å². The third-order valence-corrected chi connectivity index (χ3v) is 11.3. The Bertz CT molecular complexity index is 622. The number of rotatable bonds is 3. The van der Waals surface area contributed by atoms with Crippen LogP contribution in [0.4, 0.5) is 0 Å². The summed E-state index contributed by atoms with van der Waals surface area (Å²) in [7, 11) is 0. The molecule has 2 heterocycles. The average molecular weight is 430 g/mol. The number of fused-ring (bicyclic) bond motifs is 5. The lowest BCUT2D eigenvalue weighted by atomic mass is 9.45. The molecule has 0 radical (unpaired) electrons. The SMILES string of the molecule is C=C(C)C1CCCCN2C3CCC4C[C@](C)(C(C)C)CCC4(CC)C3CCC12C.CC. The molecule has 0 aromatic heterocycles. The fourth-order valence-electron chi connectivity index (χ4n) is 9.01. The summed E-state index contributed by atoms with van der Waals surface area (Å²) in [6.45, 7) is 24.8. The van der Waals surface area contributed by atoms with Crippen LogP contribution in [0.3, 0.4) is 0 Å². The zero-order valence-corrected chi connectivity index (χ0v) is 22.5. The third-order valence-electron chi connectivity index (χ3n) is 11.3. The van der Waals surface area contributed by atoms with Crippen molar-refractivity contribution in [3.8, 4) is 0 Å². The van der Waals surface area contributed by atoms with E-state index in [4.69, 9.17) is 0 Å². The first-order valence-electron chi connectivity index (χ1n) is 14.1. The van der Waals surface area contributed by atoms with Gasteiger partial charge in [0.05, 0.1) is 0 Å². The summed E-state index contributed by atoms with van der Waals surface area (Å²) in [4.78, 5) is 3.07. The predicted octanol–water partition coefficient (Wildman–Crippen LogP) is 8.88. The van der Waals surface area contributed by atoms with Gasteiger partial charge in [0.1, 0.15) is 0 Å². The number of hydrogen-bond acceptors (Lipinski definition) is 1. The molecule has 2 saturated carbocycles. The number of nitrogens with zero attached hydrogens (tertiary/aromatic N) is 1. The molecule has 0 bridgehead atoms. The highest BCUT2D eigenvalue weighted by Gasteiger charge is 2.60. The maximum absolute atomic E-state index is 4.46. The van der Waals surface area contributed by atoms with Crippen molar-refractivity contribution in [1.82, 2.24) is 4.90 Å². The van der Waals surface area contributed by atoms with Crippen LogP contribution in [0.5, 0.6) is 0 Å². The van der Waals surface area contributed by atoms with E-state index in [1.807, 2.05) is 13.8 Å². The molecule has 4 rings (SSSR count). The molecule has 2 aliphatic heterocycles. The van der Waals surface area contributed by atoms with Gasteiger partial charge in [0.2, 0.25) is 0 Å². The number of hydrogen-bond donors (Lipinski definition) is 0. The van der Waals surface area contributed by atoms with Crippen molar-refractivity contribution in [2.45, 2.75) is 138 Å². The van der Waals surface area contributed by atoms with E-state index in [0.29, 0.717) is 22.3 Å². The fraction of sp³-hybridized carbons (Fsp3) is 0.933. The van der Waals surface area contributed by atoms with E-state index in [9.17, 15) is 0 Å². The summed E-state index contributed by atoms with van der Waals surface area (Å²) in [5.74, 6) is 3.45. The molecule has 2 saturated heterocycles. The van der Waals surface area contributed by atoms with E-state index in [2.05, 4.69) is 53.0 Å². The minimum absolute atomic E-state index is 0.367. The van der Waals surface area contributed by atoms with Gasteiger partial charge in [-0.2, -0.15) is 0 Å². The molecule has 1 heteroatoms. The van der Waals surface area contributed by atoms with Gasteiger partial charge in [-0.3, -0.25) is 4.90 Å². The second kappa shape index (κ2) is 9.52. The summed E-state index contributed by atoms with van der Waals surface area (Å²) in [6.07, 6.45) is 15.9. The lowest BCUT2D eigenvalue weighted by Crippen LogP contribution is -2.66. The second-order valence-corrected chi connectivity index (χ2v) is 12.5. The first-order valence-corrected chi connectivity index (χ1v) is 14.1. The Hall–Kier alpha value is -0.300. The fourth-order valence-corrected chi connectivity index (χ4v) is 9.01. The van der Waals surface area contributed by atoms with Crippen molar-refractivity contribution < 1.29 is 0 Å². The van der Waals surface area contributed by atoms with Crippen LogP contribution in [0.25, 0.3) is 0 Å². The van der Waals surface area contributed by atoms with Crippen LogP contribution in [0.15, 0.2) is 12.2 Å². The maximum Gasteiger partial charge on any atom is 0.0249 e. The van der Waals surface area contributed by atoms with Crippen LogP contribution in [-0.4, -0.2) is 23.0 Å². The standard InChI is InChI=1S/C28H49N.C2H6/c1-8-28-17-16-26(6,21(4)5)19-22(28)12-13-25-24(28)14-15-27(7)23(20(2)3)11-9-10-18-29(25)27;1-2/h21-25H,2,8-19H2,1,3-7H3;1-2H3/t22?,23?,24?,25?,26-,27?,28?;/m1./s1. The molecule has 31 heavy (non-hydrogen) atoms. The largest absolute Gasteiger partial charge is 0.294 e. The minimum atomic E-state index is 0.367. The van der Waals surface area contributed by atoms with Gasteiger partial charge in [-0.25, -0.2) is 0 Å². The Labute approximate surface area is 195 Å². The van der Waals surface area contributed by atoms with Crippen molar-refractivity contribution >= 4 is 0 Å². The lowest BCUT2D eigenvalue weighted by Gasteiger charge is -2.66. The quantitative estimate of drug-likeness (QED) is 0.405. The summed E-state index contributed by atoms with van der Waals surface area (Å²) in [6, 6.07) is 0.841. The van der Waals surface area contributed by atoms with Gasteiger partial charge in [0.25, 0.3) is 0 Å². The Morgan fingerprint density at radius 1 is 1.00 bits per heavy atom. The first-order chi connectivity index (χ1) is 14.7. The Morgan fingerprint density at radius 2 is 1.71 bits per heavy atom. The summed E-state index contributed by atoms with van der Waals surface area (Å²) < 4.78 is 0. The first kappa shape index (κ1) is 25.3. The van der Waals surface area contributed by atoms with Gasteiger partial charge in [0, 0.05) is 11.6 Å². The molecule has 4 aliphatic rings. The highest BCUT2D eigenvalue weighted by Crippen LogP contribution is 2.64. The summed E-state index contributed by atoms with van der Waals surface area (Å²) >= 11 is 0. The molecule has 0 aromatic rings. The molecule has 6 unspecified atom stereocenters. The van der Waals surface area contributed by atoms with Crippen LogP contribution >= 0.6 is 0 Å². The summed E-state index contributed by atoms with van der Waals surface area (Å²) in [5.41, 5.74) is 3.02. The highest BCUT2D eigenvalue weighted by atomic mass is 15.2. The zero-order valence-electron chi connectivity index (χ0n) is 22.5. The topological polar surface area (TPSA) is 3.24 Å². The molecule has 0 spiro atoms. The van der Waals surface area contributed by atoms with Gasteiger partial charge in [0.15, 0.2) is 0 Å². The van der Waals surface area contributed by atoms with Crippen LogP contribution < -0.4 is 0 Å². The van der Waals surface area contributed by atoms with Crippen LogP contribution in [0.2, 0.25) is 0 Å². The second-order valence-electron chi connectivity index (χ2n) is 12.5. The van der Waals surface area contributed by atoms with E-state index in [1.165, 1.54) is 82.7 Å². The van der Waals surface area contributed by atoms with Crippen LogP contribution in [0.1, 0.15) is 126 Å². The molecule has 4 fully saturated rings. The molecule has 7 atom stereocenters. The van der Waals surface area contributed by atoms with Crippen molar-refractivity contribution in [3.63, 3.8) is 0 Å². The monoisotopic (exact) mass is 429 g/mol. The average Bonchev–Trinajstić information content (AvgIpc) is 2.93.